The van der Waals surface area contributed by atoms with Gasteiger partial charge in [0.15, 0.2) is 10.9 Å². The van der Waals surface area contributed by atoms with E-state index < -0.39 is 35.2 Å². The van der Waals surface area contributed by atoms with Crippen LogP contribution in [0.3, 0.4) is 0 Å². The van der Waals surface area contributed by atoms with E-state index in [1.165, 1.54) is 14.0 Å². The summed E-state index contributed by atoms with van der Waals surface area (Å²) in [6, 6.07) is -1.00. The zero-order valence-electron chi connectivity index (χ0n) is 20.8. The number of amides is 3. The lowest BCUT2D eigenvalue weighted by Gasteiger charge is -2.44. The Hall–Kier alpha value is -2.18. The fourth-order valence-corrected chi connectivity index (χ4v) is 3.90. The predicted octanol–water partition coefficient (Wildman–Crippen LogP) is 0.504. The number of methoxy groups -OCH3 is 1. The van der Waals surface area contributed by atoms with Crippen LogP contribution in [0.2, 0.25) is 0 Å². The molecule has 1 saturated heterocycles. The average molecular weight is 504 g/mol. The lowest BCUT2D eigenvalue weighted by Crippen LogP contribution is -2.56. The fourth-order valence-electron chi connectivity index (χ4n) is 3.04. The first-order chi connectivity index (χ1) is 15.8. The summed E-state index contributed by atoms with van der Waals surface area (Å²) >= 11 is 0.911. The Morgan fingerprint density at radius 3 is 2.35 bits per heavy atom. The Labute approximate surface area is 204 Å². The molecule has 3 N–H and O–H groups in total. The van der Waals surface area contributed by atoms with Crippen LogP contribution in [0, 0.1) is 5.41 Å². The normalized spacial score (nSPS) is 19.4. The maximum atomic E-state index is 12.6. The SMILES string of the molecule is COC(=O)[C@H](CSC(=O)CCCNC(C)=O)NC(=O)CCNC(=O)[C@@H]1OC(C)(C)OCC1(C)C. The van der Waals surface area contributed by atoms with Crippen LogP contribution < -0.4 is 16.0 Å². The monoisotopic (exact) mass is 503 g/mol. The zero-order chi connectivity index (χ0) is 25.9. The maximum absolute atomic E-state index is 12.6. The molecule has 12 heteroatoms. The van der Waals surface area contributed by atoms with Gasteiger partial charge in [0, 0.05) is 44.0 Å². The molecule has 11 nitrogen and oxygen atoms in total. The molecule has 0 aliphatic carbocycles. The van der Waals surface area contributed by atoms with Crippen molar-refractivity contribution in [3.63, 3.8) is 0 Å². The first-order valence-corrected chi connectivity index (χ1v) is 12.1. The number of rotatable bonds is 12. The number of carbonyl (C=O) groups is 5. The third kappa shape index (κ3) is 10.8. The van der Waals surface area contributed by atoms with Crippen LogP contribution in [0.5, 0.6) is 0 Å². The van der Waals surface area contributed by atoms with E-state index in [0.717, 1.165) is 11.8 Å². The van der Waals surface area contributed by atoms with Gasteiger partial charge in [-0.25, -0.2) is 4.79 Å². The molecule has 0 aromatic carbocycles. The van der Waals surface area contributed by atoms with Gasteiger partial charge in [0.25, 0.3) is 0 Å². The average Bonchev–Trinajstić information content (AvgIpc) is 2.75. The van der Waals surface area contributed by atoms with Crippen LogP contribution >= 0.6 is 11.8 Å². The Kier molecular flexibility index (Phi) is 12.0. The summed E-state index contributed by atoms with van der Waals surface area (Å²) in [4.78, 5) is 59.8. The number of esters is 1. The van der Waals surface area contributed by atoms with E-state index in [9.17, 15) is 24.0 Å². The Balaban J connectivity index is 2.46. The van der Waals surface area contributed by atoms with Gasteiger partial charge >= 0.3 is 5.97 Å². The minimum atomic E-state index is -1.00. The van der Waals surface area contributed by atoms with Crippen LogP contribution in [0.4, 0.5) is 0 Å². The molecule has 34 heavy (non-hydrogen) atoms. The van der Waals surface area contributed by atoms with Crippen molar-refractivity contribution in [2.45, 2.75) is 71.8 Å². The second kappa shape index (κ2) is 13.6. The van der Waals surface area contributed by atoms with Crippen LogP contribution in [-0.2, 0) is 38.2 Å². The van der Waals surface area contributed by atoms with Crippen molar-refractivity contribution >= 4 is 40.6 Å². The number of hydrogen-bond acceptors (Lipinski definition) is 9. The topological polar surface area (TPSA) is 149 Å². The number of hydrogen-bond donors (Lipinski definition) is 3. The van der Waals surface area contributed by atoms with Crippen LogP contribution in [-0.4, -0.2) is 79.3 Å². The van der Waals surface area contributed by atoms with E-state index in [1.54, 1.807) is 13.8 Å². The summed E-state index contributed by atoms with van der Waals surface area (Å²) in [6.07, 6.45) is -0.109. The first-order valence-electron chi connectivity index (χ1n) is 11.1. The standard InChI is InChI=1S/C22H37N3O8S/c1-14(26)23-10-7-8-17(28)34-12-15(20(30)31-6)25-16(27)9-11-24-19(29)18-21(2,3)13-32-22(4,5)33-18/h15,18H,7-13H2,1-6H3,(H,23,26)(H,24,29)(H,25,27)/t15-,18-/m0/s1. The van der Waals surface area contributed by atoms with E-state index in [2.05, 4.69) is 16.0 Å². The van der Waals surface area contributed by atoms with Crippen molar-refractivity contribution in [1.29, 1.82) is 0 Å². The molecule has 0 aromatic heterocycles. The smallest absolute Gasteiger partial charge is 0.329 e. The molecule has 3 amide bonds. The van der Waals surface area contributed by atoms with Gasteiger partial charge in [-0.15, -0.1) is 0 Å². The molecule has 0 radical (unpaired) electrons. The lowest BCUT2D eigenvalue weighted by molar-refractivity contribution is -0.304. The predicted molar refractivity (Wildman–Crippen MR) is 126 cm³/mol. The molecule has 1 aliphatic rings. The van der Waals surface area contributed by atoms with Crippen LogP contribution in [0.25, 0.3) is 0 Å². The van der Waals surface area contributed by atoms with Crippen LogP contribution in [0.15, 0.2) is 0 Å². The van der Waals surface area contributed by atoms with Gasteiger partial charge in [0.05, 0.1) is 13.7 Å². The highest BCUT2D eigenvalue weighted by atomic mass is 32.2. The second-order valence-electron chi connectivity index (χ2n) is 9.13. The number of nitrogens with one attached hydrogen (secondary N) is 3. The van der Waals surface area contributed by atoms with Gasteiger partial charge in [-0.1, -0.05) is 25.6 Å². The Bertz CT molecular complexity index is 756. The van der Waals surface area contributed by atoms with Crippen LogP contribution in [0.1, 0.15) is 53.9 Å². The number of ether oxygens (including phenoxy) is 3. The van der Waals surface area contributed by atoms with Crippen molar-refractivity contribution in [3.8, 4) is 0 Å². The molecule has 0 aromatic rings. The third-order valence-corrected chi connectivity index (χ3v) is 5.98. The van der Waals surface area contributed by atoms with E-state index in [-0.39, 0.29) is 42.1 Å². The molecule has 0 spiro atoms. The first kappa shape index (κ1) is 29.9. The molecule has 194 valence electrons. The molecule has 1 heterocycles. The van der Waals surface area contributed by atoms with Gasteiger partial charge in [-0.05, 0) is 20.3 Å². The van der Waals surface area contributed by atoms with E-state index in [4.69, 9.17) is 14.2 Å². The van der Waals surface area contributed by atoms with E-state index >= 15 is 0 Å². The summed E-state index contributed by atoms with van der Waals surface area (Å²) in [7, 11) is 1.19. The Morgan fingerprint density at radius 2 is 1.74 bits per heavy atom. The summed E-state index contributed by atoms with van der Waals surface area (Å²) in [5.74, 6) is -2.53. The zero-order valence-corrected chi connectivity index (χ0v) is 21.6. The van der Waals surface area contributed by atoms with Crippen molar-refractivity contribution in [2.75, 3.05) is 32.6 Å². The number of thioether (sulfide) groups is 1. The number of carbonyl (C=O) groups excluding carboxylic acids is 5. The molecular formula is C22H37N3O8S. The molecule has 1 rings (SSSR count). The quantitative estimate of drug-likeness (QED) is 0.256. The van der Waals surface area contributed by atoms with Crippen molar-refractivity contribution in [3.05, 3.63) is 0 Å². The van der Waals surface area contributed by atoms with E-state index in [1.807, 2.05) is 13.8 Å². The lowest BCUT2D eigenvalue weighted by atomic mass is 9.85. The molecular weight excluding hydrogens is 466 g/mol. The van der Waals surface area contributed by atoms with Gasteiger partial charge in [-0.3, -0.25) is 19.2 Å². The molecule has 1 fully saturated rings. The highest BCUT2D eigenvalue weighted by molar-refractivity contribution is 8.13. The summed E-state index contributed by atoms with van der Waals surface area (Å²) in [5.41, 5.74) is -0.538. The highest BCUT2D eigenvalue weighted by Crippen LogP contribution is 2.34. The molecule has 0 saturated carbocycles. The third-order valence-electron chi connectivity index (χ3n) is 4.96. The second-order valence-corrected chi connectivity index (χ2v) is 10.2. The maximum Gasteiger partial charge on any atom is 0.329 e. The van der Waals surface area contributed by atoms with Gasteiger partial charge < -0.3 is 30.2 Å². The minimum Gasteiger partial charge on any atom is -0.467 e. The van der Waals surface area contributed by atoms with Crippen molar-refractivity contribution in [1.82, 2.24) is 16.0 Å². The molecule has 2 atom stereocenters. The van der Waals surface area contributed by atoms with Gasteiger partial charge in [0.1, 0.15) is 12.1 Å². The van der Waals surface area contributed by atoms with Crippen molar-refractivity contribution < 1.29 is 38.2 Å². The highest BCUT2D eigenvalue weighted by Gasteiger charge is 2.45. The van der Waals surface area contributed by atoms with E-state index in [0.29, 0.717) is 19.6 Å². The minimum absolute atomic E-state index is 0.0168. The fraction of sp³-hybridized carbons (Fsp3) is 0.773. The summed E-state index contributed by atoms with van der Waals surface area (Å²) < 4.78 is 16.1. The Morgan fingerprint density at radius 1 is 1.06 bits per heavy atom. The largest absolute Gasteiger partial charge is 0.467 e. The van der Waals surface area contributed by atoms with Crippen molar-refractivity contribution in [2.24, 2.45) is 5.41 Å². The summed E-state index contributed by atoms with van der Waals surface area (Å²) in [6.45, 7) is 9.36. The molecule has 0 bridgehead atoms. The van der Waals surface area contributed by atoms with Gasteiger partial charge in [-0.2, -0.15) is 0 Å². The van der Waals surface area contributed by atoms with Gasteiger partial charge in [0.2, 0.25) is 17.7 Å². The summed E-state index contributed by atoms with van der Waals surface area (Å²) in [5, 5.41) is 7.67. The molecule has 1 aliphatic heterocycles. The molecule has 0 unspecified atom stereocenters.